The van der Waals surface area contributed by atoms with Crippen LogP contribution in [-0.4, -0.2) is 17.6 Å². The van der Waals surface area contributed by atoms with Crippen LogP contribution in [0.4, 0.5) is 5.69 Å². The van der Waals surface area contributed by atoms with Gasteiger partial charge in [0.25, 0.3) is 0 Å². The molecule has 1 aromatic carbocycles. The van der Waals surface area contributed by atoms with Crippen molar-refractivity contribution < 1.29 is 9.53 Å². The number of carbonyl (C=O) groups is 1. The van der Waals surface area contributed by atoms with E-state index in [0.717, 1.165) is 10.6 Å². The molecular weight excluding hydrogens is 202 g/mol. The summed E-state index contributed by atoms with van der Waals surface area (Å²) in [5, 5.41) is 0. The van der Waals surface area contributed by atoms with E-state index >= 15 is 0 Å². The van der Waals surface area contributed by atoms with E-state index in [4.69, 9.17) is 5.84 Å². The van der Waals surface area contributed by atoms with Gasteiger partial charge in [0.2, 0.25) is 0 Å². The third-order valence-electron chi connectivity index (χ3n) is 1.84. The number of nitrogens with zero attached hydrogens (tertiary/aromatic N) is 1. The molecule has 0 saturated heterocycles. The fourth-order valence-corrected chi connectivity index (χ4v) is 2.04. The zero-order chi connectivity index (χ0) is 10.1. The van der Waals surface area contributed by atoms with Crippen molar-refractivity contribution in [2.24, 2.45) is 5.84 Å². The van der Waals surface area contributed by atoms with Crippen molar-refractivity contribution in [3.8, 4) is 0 Å². The number of rotatable bonds is 1. The van der Waals surface area contributed by atoms with Gasteiger partial charge >= 0.3 is 5.97 Å². The first-order valence-corrected chi connectivity index (χ1v) is 4.70. The lowest BCUT2D eigenvalue weighted by atomic mass is 10.2. The van der Waals surface area contributed by atoms with Gasteiger partial charge in [-0.1, -0.05) is 10.6 Å². The highest BCUT2D eigenvalue weighted by Crippen LogP contribution is 2.37. The van der Waals surface area contributed by atoms with Crippen molar-refractivity contribution in [1.29, 1.82) is 0 Å². The molecule has 6 heteroatoms. The number of fused-ring (bicyclic) bond motifs is 1. The zero-order valence-corrected chi connectivity index (χ0v) is 8.30. The number of esters is 1. The van der Waals surface area contributed by atoms with Crippen molar-refractivity contribution >= 4 is 23.6 Å². The molecule has 0 spiro atoms. The summed E-state index contributed by atoms with van der Waals surface area (Å²) >= 11 is 1.26. The van der Waals surface area contributed by atoms with Crippen LogP contribution in [0.15, 0.2) is 23.1 Å². The first-order chi connectivity index (χ1) is 6.72. The lowest BCUT2D eigenvalue weighted by molar-refractivity contribution is 0.0597. The average Bonchev–Trinajstić information content (AvgIpc) is 2.56. The molecule has 2 rings (SSSR count). The van der Waals surface area contributed by atoms with E-state index in [2.05, 4.69) is 10.2 Å². The molecule has 1 aliphatic heterocycles. The van der Waals surface area contributed by atoms with Gasteiger partial charge in [-0.05, 0) is 24.1 Å². The number of carbonyl (C=O) groups excluding carboxylic acids is 1. The third-order valence-corrected chi connectivity index (χ3v) is 2.75. The molecule has 0 amide bonds. The lowest BCUT2D eigenvalue weighted by Crippen LogP contribution is -2.25. The maximum Gasteiger partial charge on any atom is 0.339 e. The predicted molar refractivity (Wildman–Crippen MR) is 53.3 cm³/mol. The minimum atomic E-state index is -0.355. The van der Waals surface area contributed by atoms with Crippen molar-refractivity contribution in [2.45, 2.75) is 4.90 Å². The van der Waals surface area contributed by atoms with Gasteiger partial charge in [-0.15, -0.1) is 0 Å². The largest absolute Gasteiger partial charge is 0.465 e. The molecule has 0 unspecified atom stereocenters. The summed E-state index contributed by atoms with van der Waals surface area (Å²) in [5.74, 6) is 5.17. The number of methoxy groups -OCH3 is 1. The Morgan fingerprint density at radius 1 is 1.64 bits per heavy atom. The Labute approximate surface area is 85.3 Å². The first kappa shape index (κ1) is 9.32. The Balaban J connectivity index is 2.44. The Morgan fingerprint density at radius 3 is 3.14 bits per heavy atom. The van der Waals surface area contributed by atoms with Crippen molar-refractivity contribution in [1.82, 2.24) is 4.52 Å². The van der Waals surface area contributed by atoms with Crippen LogP contribution in [-0.2, 0) is 4.74 Å². The number of nitrogens with two attached hydrogens (primary N) is 1. The minimum absolute atomic E-state index is 0.355. The summed E-state index contributed by atoms with van der Waals surface area (Å²) < 4.78 is 6.00. The lowest BCUT2D eigenvalue weighted by Gasteiger charge is -2.03. The van der Waals surface area contributed by atoms with Crippen LogP contribution in [0.5, 0.6) is 0 Å². The molecule has 5 nitrogen and oxygen atoms in total. The average molecular weight is 211 g/mol. The Bertz CT molecular complexity index is 383. The van der Waals surface area contributed by atoms with Crippen molar-refractivity contribution in [3.63, 3.8) is 0 Å². The fourth-order valence-electron chi connectivity index (χ4n) is 1.23. The maximum atomic E-state index is 11.4. The summed E-state index contributed by atoms with van der Waals surface area (Å²) in [5.41, 5.74) is 4.23. The molecule has 0 radical (unpaired) electrons. The van der Waals surface area contributed by atoms with Gasteiger partial charge in [-0.2, -0.15) is 0 Å². The van der Waals surface area contributed by atoms with Crippen LogP contribution in [0.3, 0.4) is 0 Å². The van der Waals surface area contributed by atoms with E-state index in [0.29, 0.717) is 5.56 Å². The topological polar surface area (TPSA) is 67.6 Å². The van der Waals surface area contributed by atoms with Crippen molar-refractivity contribution in [3.05, 3.63) is 23.8 Å². The molecule has 14 heavy (non-hydrogen) atoms. The Hall–Kier alpha value is -1.24. The molecule has 74 valence electrons. The second-order valence-electron chi connectivity index (χ2n) is 2.70. The van der Waals surface area contributed by atoms with Gasteiger partial charge in [0, 0.05) is 0 Å². The molecule has 0 aromatic heterocycles. The van der Waals surface area contributed by atoms with Crippen LogP contribution in [0, 0.1) is 0 Å². The van der Waals surface area contributed by atoms with Crippen LogP contribution < -0.4 is 11.3 Å². The monoisotopic (exact) mass is 211 g/mol. The van der Waals surface area contributed by atoms with E-state index in [-0.39, 0.29) is 5.97 Å². The van der Waals surface area contributed by atoms with E-state index in [9.17, 15) is 4.79 Å². The molecule has 0 saturated carbocycles. The highest BCUT2D eigenvalue weighted by Gasteiger charge is 2.23. The summed E-state index contributed by atoms with van der Waals surface area (Å²) in [6, 6.07) is 5.33. The smallest absolute Gasteiger partial charge is 0.339 e. The standard InChI is InChI=1S/C8H9N3O2S/c1-13-8(12)5-3-2-4-6-7(5)14-11(9)10-6/h2-4,10H,9H2,1H3. The summed E-state index contributed by atoms with van der Waals surface area (Å²) in [6.07, 6.45) is 0. The number of hydrogen-bond acceptors (Lipinski definition) is 6. The van der Waals surface area contributed by atoms with Gasteiger partial charge in [0.05, 0.1) is 23.3 Å². The third kappa shape index (κ3) is 1.43. The summed E-state index contributed by atoms with van der Waals surface area (Å²) in [4.78, 5) is 12.2. The number of hydrogen-bond donors (Lipinski definition) is 2. The molecule has 3 N–H and O–H groups in total. The number of nitrogens with one attached hydrogen (secondary N) is 1. The first-order valence-electron chi connectivity index (χ1n) is 3.93. The summed E-state index contributed by atoms with van der Waals surface area (Å²) in [6.45, 7) is 0. The van der Waals surface area contributed by atoms with Gasteiger partial charge in [0.15, 0.2) is 0 Å². The number of benzene rings is 1. The van der Waals surface area contributed by atoms with E-state index in [1.54, 1.807) is 12.1 Å². The van der Waals surface area contributed by atoms with Crippen LogP contribution in [0.25, 0.3) is 0 Å². The number of ether oxygens (including phenoxy) is 1. The highest BCUT2D eigenvalue weighted by molar-refractivity contribution is 7.97. The maximum absolute atomic E-state index is 11.4. The number of hydrazine groups is 2. The molecule has 1 aliphatic rings. The second kappa shape index (κ2) is 3.49. The van der Waals surface area contributed by atoms with E-state index in [1.165, 1.54) is 23.6 Å². The molecule has 0 atom stereocenters. The molecule has 0 aliphatic carbocycles. The van der Waals surface area contributed by atoms with Crippen LogP contribution in [0.1, 0.15) is 10.4 Å². The normalized spacial score (nSPS) is 14.7. The molecular formula is C8H9N3O2S. The van der Waals surface area contributed by atoms with Gasteiger partial charge in [-0.3, -0.25) is 5.43 Å². The Kier molecular flexibility index (Phi) is 2.32. The second-order valence-corrected chi connectivity index (χ2v) is 3.69. The molecule has 0 bridgehead atoms. The molecule has 0 fully saturated rings. The minimum Gasteiger partial charge on any atom is -0.465 e. The van der Waals surface area contributed by atoms with E-state index < -0.39 is 0 Å². The van der Waals surface area contributed by atoms with Gasteiger partial charge in [0.1, 0.15) is 0 Å². The molecule has 1 heterocycles. The summed E-state index contributed by atoms with van der Waals surface area (Å²) in [7, 11) is 1.36. The van der Waals surface area contributed by atoms with Crippen LogP contribution >= 0.6 is 11.9 Å². The van der Waals surface area contributed by atoms with Gasteiger partial charge < -0.3 is 4.74 Å². The fraction of sp³-hybridized carbons (Fsp3) is 0.125. The van der Waals surface area contributed by atoms with E-state index in [1.807, 2.05) is 6.07 Å². The highest BCUT2D eigenvalue weighted by atomic mass is 32.2. The van der Waals surface area contributed by atoms with Crippen LogP contribution in [0.2, 0.25) is 0 Å². The predicted octanol–water partition coefficient (Wildman–Crippen LogP) is 0.996. The molecule has 1 aromatic rings. The SMILES string of the molecule is COC(=O)c1cccc2c1SN(N)N2. The zero-order valence-electron chi connectivity index (χ0n) is 7.48. The van der Waals surface area contributed by atoms with Crippen molar-refractivity contribution in [2.75, 3.05) is 12.5 Å². The van der Waals surface area contributed by atoms with Gasteiger partial charge in [-0.25, -0.2) is 10.6 Å². The quantitative estimate of drug-likeness (QED) is 0.410. The number of anilines is 1. The Morgan fingerprint density at radius 2 is 2.43 bits per heavy atom.